The van der Waals surface area contributed by atoms with Crippen molar-refractivity contribution >= 4 is 10.9 Å². The summed E-state index contributed by atoms with van der Waals surface area (Å²) in [6, 6.07) is 7.48. The standard InChI is InChI=1S/C14H18N2/c1-9-4-10(2)13-6-12-8-15-7-11(3)16(12)14(13)5-9/h4-6,11,15H,7-8H2,1-3H3. The van der Waals surface area contributed by atoms with E-state index in [0.29, 0.717) is 6.04 Å². The summed E-state index contributed by atoms with van der Waals surface area (Å²) in [4.78, 5) is 0. The Labute approximate surface area is 96.3 Å². The van der Waals surface area contributed by atoms with Gasteiger partial charge in [-0.15, -0.1) is 0 Å². The molecule has 1 aromatic carbocycles. The lowest BCUT2D eigenvalue weighted by Gasteiger charge is -2.24. The second-order valence-corrected chi connectivity index (χ2v) is 5.00. The Hall–Kier alpha value is -1.28. The third-order valence-electron chi connectivity index (χ3n) is 3.58. The van der Waals surface area contributed by atoms with E-state index < -0.39 is 0 Å². The Morgan fingerprint density at radius 2 is 2.06 bits per heavy atom. The van der Waals surface area contributed by atoms with E-state index in [1.54, 1.807) is 0 Å². The average Bonchev–Trinajstić information content (AvgIpc) is 2.58. The summed E-state index contributed by atoms with van der Waals surface area (Å²) in [5, 5.41) is 4.88. The van der Waals surface area contributed by atoms with Crippen LogP contribution in [0.5, 0.6) is 0 Å². The number of benzene rings is 1. The topological polar surface area (TPSA) is 17.0 Å². The van der Waals surface area contributed by atoms with E-state index in [4.69, 9.17) is 0 Å². The molecule has 1 N–H and O–H groups in total. The summed E-state index contributed by atoms with van der Waals surface area (Å²) in [5.41, 5.74) is 5.57. The number of aryl methyl sites for hydroxylation is 2. The summed E-state index contributed by atoms with van der Waals surface area (Å²) in [5.74, 6) is 0. The van der Waals surface area contributed by atoms with E-state index in [9.17, 15) is 0 Å². The summed E-state index contributed by atoms with van der Waals surface area (Å²) in [6.45, 7) is 8.74. The van der Waals surface area contributed by atoms with Crippen LogP contribution in [0.2, 0.25) is 0 Å². The molecule has 0 aliphatic carbocycles. The highest BCUT2D eigenvalue weighted by molar-refractivity contribution is 5.85. The highest BCUT2D eigenvalue weighted by Gasteiger charge is 2.18. The van der Waals surface area contributed by atoms with E-state index in [0.717, 1.165) is 13.1 Å². The summed E-state index contributed by atoms with van der Waals surface area (Å²) < 4.78 is 2.49. The van der Waals surface area contributed by atoms with E-state index in [1.165, 1.54) is 27.7 Å². The van der Waals surface area contributed by atoms with E-state index in [1.807, 2.05) is 0 Å². The maximum atomic E-state index is 3.46. The van der Waals surface area contributed by atoms with Crippen molar-refractivity contribution in [2.24, 2.45) is 0 Å². The zero-order valence-electron chi connectivity index (χ0n) is 10.2. The van der Waals surface area contributed by atoms with E-state index >= 15 is 0 Å². The smallest absolute Gasteiger partial charge is 0.0491 e. The lowest BCUT2D eigenvalue weighted by atomic mass is 10.1. The Kier molecular flexibility index (Phi) is 2.08. The number of aromatic nitrogens is 1. The highest BCUT2D eigenvalue weighted by Crippen LogP contribution is 2.29. The maximum absolute atomic E-state index is 3.46. The van der Waals surface area contributed by atoms with Crippen LogP contribution in [0.25, 0.3) is 10.9 Å². The Morgan fingerprint density at radius 3 is 2.88 bits per heavy atom. The first-order valence-electron chi connectivity index (χ1n) is 5.98. The Bertz CT molecular complexity index is 551. The third kappa shape index (κ3) is 1.30. The largest absolute Gasteiger partial charge is 0.339 e. The van der Waals surface area contributed by atoms with Crippen molar-refractivity contribution < 1.29 is 0 Å². The van der Waals surface area contributed by atoms with Crippen LogP contribution < -0.4 is 5.32 Å². The number of fused-ring (bicyclic) bond motifs is 3. The number of nitrogens with one attached hydrogen (secondary N) is 1. The van der Waals surface area contributed by atoms with Gasteiger partial charge in [-0.3, -0.25) is 0 Å². The molecule has 0 fully saturated rings. The Morgan fingerprint density at radius 1 is 1.25 bits per heavy atom. The van der Waals surface area contributed by atoms with Gasteiger partial charge in [-0.05, 0) is 44.0 Å². The molecule has 2 nitrogen and oxygen atoms in total. The lowest BCUT2D eigenvalue weighted by molar-refractivity contribution is 0.439. The second kappa shape index (κ2) is 3.36. The number of hydrogen-bond acceptors (Lipinski definition) is 1. The monoisotopic (exact) mass is 214 g/mol. The van der Waals surface area contributed by atoms with Gasteiger partial charge in [0.1, 0.15) is 0 Å². The van der Waals surface area contributed by atoms with Crippen LogP contribution in [0.15, 0.2) is 18.2 Å². The molecule has 0 saturated heterocycles. The van der Waals surface area contributed by atoms with Gasteiger partial charge in [-0.25, -0.2) is 0 Å². The molecule has 0 saturated carbocycles. The predicted molar refractivity (Wildman–Crippen MR) is 67.8 cm³/mol. The van der Waals surface area contributed by atoms with E-state index in [2.05, 4.69) is 48.9 Å². The van der Waals surface area contributed by atoms with Gasteiger partial charge in [0.25, 0.3) is 0 Å². The molecule has 84 valence electrons. The van der Waals surface area contributed by atoms with Crippen LogP contribution in [-0.2, 0) is 6.54 Å². The van der Waals surface area contributed by atoms with Crippen molar-refractivity contribution in [2.45, 2.75) is 33.4 Å². The van der Waals surface area contributed by atoms with Crippen molar-refractivity contribution in [1.29, 1.82) is 0 Å². The van der Waals surface area contributed by atoms with Crippen molar-refractivity contribution in [3.8, 4) is 0 Å². The number of rotatable bonds is 0. The SMILES string of the molecule is Cc1cc(C)c2cc3n(c2c1)C(C)CNC3. The normalized spacial score (nSPS) is 20.1. The van der Waals surface area contributed by atoms with Gasteiger partial charge in [-0.1, -0.05) is 6.07 Å². The quantitative estimate of drug-likeness (QED) is 0.713. The maximum Gasteiger partial charge on any atom is 0.0491 e. The second-order valence-electron chi connectivity index (χ2n) is 5.00. The molecule has 3 rings (SSSR count). The molecular weight excluding hydrogens is 196 g/mol. The molecule has 1 unspecified atom stereocenters. The van der Waals surface area contributed by atoms with Crippen LogP contribution >= 0.6 is 0 Å². The minimum absolute atomic E-state index is 0.558. The molecule has 1 aromatic heterocycles. The molecule has 16 heavy (non-hydrogen) atoms. The molecule has 2 aromatic rings. The van der Waals surface area contributed by atoms with Crippen molar-refractivity contribution in [1.82, 2.24) is 9.88 Å². The van der Waals surface area contributed by atoms with Crippen molar-refractivity contribution in [3.63, 3.8) is 0 Å². The van der Waals surface area contributed by atoms with Crippen molar-refractivity contribution in [2.75, 3.05) is 6.54 Å². The first-order valence-corrected chi connectivity index (χ1v) is 5.98. The van der Waals surface area contributed by atoms with Crippen LogP contribution in [-0.4, -0.2) is 11.1 Å². The Balaban J connectivity index is 2.38. The summed E-state index contributed by atoms with van der Waals surface area (Å²) >= 11 is 0. The fourth-order valence-electron chi connectivity index (χ4n) is 2.89. The van der Waals surface area contributed by atoms with Crippen LogP contribution in [0.4, 0.5) is 0 Å². The van der Waals surface area contributed by atoms with Crippen LogP contribution in [0.3, 0.4) is 0 Å². The zero-order chi connectivity index (χ0) is 11.3. The highest BCUT2D eigenvalue weighted by atomic mass is 15.1. The van der Waals surface area contributed by atoms with E-state index in [-0.39, 0.29) is 0 Å². The van der Waals surface area contributed by atoms with Gasteiger partial charge < -0.3 is 9.88 Å². The van der Waals surface area contributed by atoms with Gasteiger partial charge in [0.15, 0.2) is 0 Å². The van der Waals surface area contributed by atoms with Gasteiger partial charge in [0, 0.05) is 35.7 Å². The van der Waals surface area contributed by atoms with Gasteiger partial charge in [0.2, 0.25) is 0 Å². The molecule has 2 heteroatoms. The van der Waals surface area contributed by atoms with Gasteiger partial charge in [-0.2, -0.15) is 0 Å². The van der Waals surface area contributed by atoms with Crippen LogP contribution in [0, 0.1) is 13.8 Å². The number of hydrogen-bond donors (Lipinski definition) is 1. The van der Waals surface area contributed by atoms with Gasteiger partial charge in [0.05, 0.1) is 0 Å². The lowest BCUT2D eigenvalue weighted by Crippen LogP contribution is -2.30. The molecule has 0 spiro atoms. The number of nitrogens with zero attached hydrogens (tertiary/aromatic N) is 1. The molecule has 0 amide bonds. The average molecular weight is 214 g/mol. The summed E-state index contributed by atoms with van der Waals surface area (Å²) in [6.07, 6.45) is 0. The van der Waals surface area contributed by atoms with Gasteiger partial charge >= 0.3 is 0 Å². The van der Waals surface area contributed by atoms with Crippen LogP contribution in [0.1, 0.15) is 29.8 Å². The molecule has 2 heterocycles. The molecule has 0 radical (unpaired) electrons. The minimum Gasteiger partial charge on any atom is -0.339 e. The predicted octanol–water partition coefficient (Wildman–Crippen LogP) is 2.92. The molecule has 1 atom stereocenters. The fraction of sp³-hybridized carbons (Fsp3) is 0.429. The molecular formula is C14H18N2. The molecule has 1 aliphatic rings. The first-order chi connectivity index (χ1) is 7.66. The third-order valence-corrected chi connectivity index (χ3v) is 3.58. The summed E-state index contributed by atoms with van der Waals surface area (Å²) in [7, 11) is 0. The molecule has 1 aliphatic heterocycles. The zero-order valence-corrected chi connectivity index (χ0v) is 10.2. The van der Waals surface area contributed by atoms with Crippen molar-refractivity contribution in [3.05, 3.63) is 35.0 Å². The fourth-order valence-corrected chi connectivity index (χ4v) is 2.89. The minimum atomic E-state index is 0.558. The molecule has 0 bridgehead atoms. The first kappa shape index (κ1) is 9.91.